The summed E-state index contributed by atoms with van der Waals surface area (Å²) in [7, 11) is 1.56. The van der Waals surface area contributed by atoms with E-state index >= 15 is 0 Å². The predicted octanol–water partition coefficient (Wildman–Crippen LogP) is 2.86. The van der Waals surface area contributed by atoms with E-state index in [1.165, 1.54) is 23.5 Å². The van der Waals surface area contributed by atoms with Crippen LogP contribution in [0.5, 0.6) is 0 Å². The number of β-lactam (4-membered cyclic amide) rings is 1. The van der Waals surface area contributed by atoms with Gasteiger partial charge in [-0.15, -0.1) is 11.8 Å². The molecule has 148 valence electrons. The highest BCUT2D eigenvalue weighted by molar-refractivity contribution is 8.47. The van der Waals surface area contributed by atoms with Gasteiger partial charge in [-0.1, -0.05) is 58.8 Å². The first-order valence-corrected chi connectivity index (χ1v) is 10.9. The first-order valence-electron chi connectivity index (χ1n) is 7.29. The lowest BCUT2D eigenvalue weighted by Crippen LogP contribution is -2.61. The summed E-state index contributed by atoms with van der Waals surface area (Å²) in [5, 5.41) is 4.87. The van der Waals surface area contributed by atoms with Crippen molar-refractivity contribution in [3.8, 4) is 0 Å². The second-order valence-electron chi connectivity index (χ2n) is 4.97. The van der Waals surface area contributed by atoms with Crippen molar-refractivity contribution in [2.75, 3.05) is 12.8 Å². The molecule has 0 bridgehead atoms. The van der Waals surface area contributed by atoms with Gasteiger partial charge >= 0.3 is 6.16 Å². The summed E-state index contributed by atoms with van der Waals surface area (Å²) >= 11 is 24.4. The second-order valence-corrected chi connectivity index (χ2v) is 10.0. The molecule has 1 fully saturated rings. The standard InChI is InChI=1S/C13H17Cl3N2O5S3/c1-5(22-12(21)23-9(16)8(14)15)7-10(20)18-11(7)26-13(24)25-4-3-6(19)17-2/h5,7-9,11H,3-4H2,1-2H3,(H,17,19)(H,18,20)/t5?,7-,9?,11+/m0/s1. The zero-order valence-corrected chi connectivity index (χ0v) is 18.4. The summed E-state index contributed by atoms with van der Waals surface area (Å²) in [4.78, 5) is 33.5. The largest absolute Gasteiger partial charge is 0.510 e. The van der Waals surface area contributed by atoms with Gasteiger partial charge in [0.1, 0.15) is 15.6 Å². The molecule has 1 aliphatic heterocycles. The minimum absolute atomic E-state index is 0.0746. The Kier molecular flexibility index (Phi) is 10.7. The van der Waals surface area contributed by atoms with Crippen LogP contribution in [-0.4, -0.2) is 56.2 Å². The van der Waals surface area contributed by atoms with Crippen molar-refractivity contribution in [2.45, 2.75) is 35.2 Å². The third-order valence-electron chi connectivity index (χ3n) is 3.16. The number of thioether (sulfide) groups is 2. The molecule has 7 nitrogen and oxygen atoms in total. The van der Waals surface area contributed by atoms with Gasteiger partial charge in [0, 0.05) is 19.2 Å². The van der Waals surface area contributed by atoms with Gasteiger partial charge in [0.05, 0.1) is 5.37 Å². The zero-order chi connectivity index (χ0) is 19.9. The van der Waals surface area contributed by atoms with E-state index in [1.807, 2.05) is 0 Å². The maximum Gasteiger partial charge on any atom is 0.510 e. The van der Waals surface area contributed by atoms with Crippen molar-refractivity contribution in [1.82, 2.24) is 10.6 Å². The number of thiocarbonyl (C=S) groups is 1. The molecular weight excluding hydrogens is 467 g/mol. The van der Waals surface area contributed by atoms with Crippen LogP contribution in [0.3, 0.4) is 0 Å². The van der Waals surface area contributed by atoms with Crippen LogP contribution in [0.4, 0.5) is 4.79 Å². The summed E-state index contributed by atoms with van der Waals surface area (Å²) in [6, 6.07) is 0. The molecule has 1 saturated heterocycles. The number of carbonyl (C=O) groups excluding carboxylic acids is 3. The fraction of sp³-hybridized carbons (Fsp3) is 0.692. The van der Waals surface area contributed by atoms with Gasteiger partial charge in [-0.25, -0.2) is 4.79 Å². The third-order valence-corrected chi connectivity index (χ3v) is 7.00. The lowest BCUT2D eigenvalue weighted by molar-refractivity contribution is -0.137. The van der Waals surface area contributed by atoms with Crippen LogP contribution in [0.25, 0.3) is 0 Å². The van der Waals surface area contributed by atoms with Crippen LogP contribution in [0, 0.1) is 5.92 Å². The summed E-state index contributed by atoms with van der Waals surface area (Å²) in [6.07, 6.45) is -1.50. The molecule has 2 amide bonds. The van der Waals surface area contributed by atoms with Crippen LogP contribution in [-0.2, 0) is 19.1 Å². The molecule has 0 aromatic heterocycles. The Morgan fingerprint density at radius 2 is 2.00 bits per heavy atom. The normalized spacial score (nSPS) is 21.2. The van der Waals surface area contributed by atoms with Gasteiger partial charge in [-0.2, -0.15) is 0 Å². The number of hydrogen-bond donors (Lipinski definition) is 2. The predicted molar refractivity (Wildman–Crippen MR) is 109 cm³/mol. The van der Waals surface area contributed by atoms with E-state index in [0.717, 1.165) is 0 Å². The molecule has 0 aliphatic carbocycles. The van der Waals surface area contributed by atoms with E-state index in [-0.39, 0.29) is 17.2 Å². The van der Waals surface area contributed by atoms with E-state index < -0.39 is 28.6 Å². The van der Waals surface area contributed by atoms with E-state index in [9.17, 15) is 14.4 Å². The first kappa shape index (κ1) is 23.9. The monoisotopic (exact) mass is 482 g/mol. The number of nitrogens with one attached hydrogen (secondary N) is 2. The SMILES string of the molecule is CNC(=O)CCSC(=S)S[C@H]1NC(=O)[C@@H]1C(C)OC(=O)OC(Cl)C(Cl)Cl. The molecule has 0 spiro atoms. The van der Waals surface area contributed by atoms with Crippen LogP contribution in [0.15, 0.2) is 0 Å². The molecule has 2 N–H and O–H groups in total. The number of halogens is 3. The van der Waals surface area contributed by atoms with Gasteiger partial charge in [-0.3, -0.25) is 9.59 Å². The maximum atomic E-state index is 11.8. The van der Waals surface area contributed by atoms with E-state index in [4.69, 9.17) is 51.8 Å². The van der Waals surface area contributed by atoms with Gasteiger partial charge in [-0.05, 0) is 6.92 Å². The summed E-state index contributed by atoms with van der Waals surface area (Å²) in [5.74, 6) is -0.406. The highest BCUT2D eigenvalue weighted by Gasteiger charge is 2.46. The lowest BCUT2D eigenvalue weighted by atomic mass is 9.96. The van der Waals surface area contributed by atoms with Gasteiger partial charge in [0.2, 0.25) is 17.4 Å². The number of rotatable bonds is 8. The Morgan fingerprint density at radius 1 is 1.35 bits per heavy atom. The maximum absolute atomic E-state index is 11.8. The molecular formula is C13H17Cl3N2O5S3. The number of ether oxygens (including phenoxy) is 2. The molecule has 0 aromatic carbocycles. The topological polar surface area (TPSA) is 93.7 Å². The second kappa shape index (κ2) is 11.7. The first-order chi connectivity index (χ1) is 12.1. The Bertz CT molecular complexity index is 555. The van der Waals surface area contributed by atoms with Crippen LogP contribution < -0.4 is 10.6 Å². The minimum atomic E-state index is -1.26. The minimum Gasteiger partial charge on any atom is -0.430 e. The van der Waals surface area contributed by atoms with Crippen LogP contribution in [0.2, 0.25) is 0 Å². The summed E-state index contributed by atoms with van der Waals surface area (Å²) in [6.45, 7) is 1.56. The fourth-order valence-corrected chi connectivity index (χ4v) is 4.71. The smallest absolute Gasteiger partial charge is 0.430 e. The Labute approximate surface area is 179 Å². The molecule has 0 saturated carbocycles. The quantitative estimate of drug-likeness (QED) is 0.236. The molecule has 1 heterocycles. The average molecular weight is 484 g/mol. The fourth-order valence-electron chi connectivity index (χ4n) is 1.82. The number of amides is 2. The number of carbonyl (C=O) groups is 3. The molecule has 0 radical (unpaired) electrons. The highest BCUT2D eigenvalue weighted by atomic mass is 35.5. The molecule has 4 atom stereocenters. The van der Waals surface area contributed by atoms with Crippen LogP contribution >= 0.6 is 70.5 Å². The van der Waals surface area contributed by atoms with Crippen molar-refractivity contribution < 1.29 is 23.9 Å². The van der Waals surface area contributed by atoms with Crippen molar-refractivity contribution in [3.63, 3.8) is 0 Å². The average Bonchev–Trinajstić information content (AvgIpc) is 2.53. The third kappa shape index (κ3) is 7.85. The van der Waals surface area contributed by atoms with Crippen molar-refractivity contribution in [3.05, 3.63) is 0 Å². The van der Waals surface area contributed by atoms with E-state index in [1.54, 1.807) is 14.0 Å². The molecule has 1 rings (SSSR count). The van der Waals surface area contributed by atoms with Gasteiger partial charge in [0.25, 0.3) is 0 Å². The molecule has 0 aromatic rings. The Hall–Kier alpha value is -0.130. The van der Waals surface area contributed by atoms with Crippen molar-refractivity contribution >= 4 is 92.0 Å². The zero-order valence-electron chi connectivity index (χ0n) is 13.7. The van der Waals surface area contributed by atoms with Crippen LogP contribution in [0.1, 0.15) is 13.3 Å². The summed E-state index contributed by atoms with van der Waals surface area (Å²) in [5.41, 5.74) is -1.26. The molecule has 1 aliphatic rings. The van der Waals surface area contributed by atoms with Gasteiger partial charge < -0.3 is 20.1 Å². The van der Waals surface area contributed by atoms with Gasteiger partial charge in [0.15, 0.2) is 4.84 Å². The lowest BCUT2D eigenvalue weighted by Gasteiger charge is -2.38. The van der Waals surface area contributed by atoms with E-state index in [0.29, 0.717) is 15.7 Å². The Balaban J connectivity index is 2.42. The molecule has 13 heteroatoms. The number of alkyl halides is 3. The Morgan fingerprint density at radius 3 is 2.54 bits per heavy atom. The van der Waals surface area contributed by atoms with E-state index in [2.05, 4.69) is 15.4 Å². The molecule has 26 heavy (non-hydrogen) atoms. The number of hydrogen-bond acceptors (Lipinski definition) is 8. The van der Waals surface area contributed by atoms with Crippen molar-refractivity contribution in [2.24, 2.45) is 5.92 Å². The molecule has 2 unspecified atom stereocenters. The summed E-state index contributed by atoms with van der Waals surface area (Å²) < 4.78 is 10.3. The highest BCUT2D eigenvalue weighted by Crippen LogP contribution is 2.34. The van der Waals surface area contributed by atoms with Crippen molar-refractivity contribution in [1.29, 1.82) is 0 Å².